The molecule has 7 heteroatoms. The van der Waals surface area contributed by atoms with Crippen LogP contribution in [0.4, 0.5) is 14.5 Å². The molecule has 21 heavy (non-hydrogen) atoms. The maximum absolute atomic E-state index is 13.9. The SMILES string of the molecule is CC1(C)CCCN(S(=O)(=O)c2c(F)cc(N)cc2F)CC1. The summed E-state index contributed by atoms with van der Waals surface area (Å²) in [6.07, 6.45) is 2.21. The van der Waals surface area contributed by atoms with Crippen molar-refractivity contribution in [3.05, 3.63) is 23.8 Å². The number of hydrogen-bond acceptors (Lipinski definition) is 3. The molecule has 2 N–H and O–H groups in total. The molecule has 0 amide bonds. The van der Waals surface area contributed by atoms with E-state index in [9.17, 15) is 17.2 Å². The van der Waals surface area contributed by atoms with E-state index in [0.29, 0.717) is 12.8 Å². The van der Waals surface area contributed by atoms with E-state index >= 15 is 0 Å². The molecule has 2 rings (SSSR count). The molecule has 0 aromatic heterocycles. The Balaban J connectivity index is 2.39. The van der Waals surface area contributed by atoms with Crippen LogP contribution in [0.5, 0.6) is 0 Å². The van der Waals surface area contributed by atoms with E-state index in [1.807, 2.05) is 0 Å². The zero-order chi connectivity index (χ0) is 15.8. The summed E-state index contributed by atoms with van der Waals surface area (Å²) in [6.45, 7) is 4.66. The van der Waals surface area contributed by atoms with Crippen molar-refractivity contribution in [2.24, 2.45) is 5.41 Å². The molecule has 1 heterocycles. The molecule has 0 atom stereocenters. The van der Waals surface area contributed by atoms with Crippen molar-refractivity contribution >= 4 is 15.7 Å². The van der Waals surface area contributed by atoms with E-state index in [1.165, 1.54) is 4.31 Å². The molecular weight excluding hydrogens is 298 g/mol. The van der Waals surface area contributed by atoms with Gasteiger partial charge in [-0.15, -0.1) is 0 Å². The summed E-state index contributed by atoms with van der Waals surface area (Å²) in [4.78, 5) is -0.906. The van der Waals surface area contributed by atoms with Crippen molar-refractivity contribution in [1.82, 2.24) is 4.31 Å². The number of nitrogens with two attached hydrogens (primary N) is 1. The van der Waals surface area contributed by atoms with Gasteiger partial charge in [-0.2, -0.15) is 4.31 Å². The molecule has 0 bridgehead atoms. The van der Waals surface area contributed by atoms with Gasteiger partial charge in [-0.3, -0.25) is 0 Å². The molecule has 0 radical (unpaired) electrons. The quantitative estimate of drug-likeness (QED) is 0.853. The van der Waals surface area contributed by atoms with Gasteiger partial charge >= 0.3 is 0 Å². The Kier molecular flexibility index (Phi) is 4.26. The van der Waals surface area contributed by atoms with Crippen LogP contribution in [0, 0.1) is 17.0 Å². The van der Waals surface area contributed by atoms with E-state index in [-0.39, 0.29) is 24.2 Å². The van der Waals surface area contributed by atoms with Crippen LogP contribution in [-0.2, 0) is 10.0 Å². The number of halogens is 2. The minimum absolute atomic E-state index is 0.0302. The van der Waals surface area contributed by atoms with Crippen molar-refractivity contribution in [1.29, 1.82) is 0 Å². The van der Waals surface area contributed by atoms with E-state index in [2.05, 4.69) is 13.8 Å². The van der Waals surface area contributed by atoms with Crippen LogP contribution in [0.2, 0.25) is 0 Å². The smallest absolute Gasteiger partial charge is 0.248 e. The molecule has 0 spiro atoms. The van der Waals surface area contributed by atoms with Gasteiger partial charge in [-0.05, 0) is 36.8 Å². The highest BCUT2D eigenvalue weighted by atomic mass is 32.2. The van der Waals surface area contributed by atoms with Crippen LogP contribution >= 0.6 is 0 Å². The summed E-state index contributed by atoms with van der Waals surface area (Å²) in [5.74, 6) is -2.29. The Morgan fingerprint density at radius 1 is 1.14 bits per heavy atom. The summed E-state index contributed by atoms with van der Waals surface area (Å²) in [5.41, 5.74) is 5.21. The molecular formula is C14H20F2N2O2S. The fourth-order valence-corrected chi connectivity index (χ4v) is 4.16. The van der Waals surface area contributed by atoms with Gasteiger partial charge in [0.15, 0.2) is 4.90 Å². The van der Waals surface area contributed by atoms with Gasteiger partial charge in [0.1, 0.15) is 11.6 Å². The Bertz CT molecular complexity index is 621. The van der Waals surface area contributed by atoms with E-state index < -0.39 is 26.6 Å². The fourth-order valence-electron chi connectivity index (χ4n) is 2.59. The number of anilines is 1. The highest BCUT2D eigenvalue weighted by Gasteiger charge is 2.34. The standard InChI is InChI=1S/C14H20F2N2O2S/c1-14(2)4-3-6-18(7-5-14)21(19,20)13-11(15)8-10(17)9-12(13)16/h8-9H,3-7,17H2,1-2H3. The summed E-state index contributed by atoms with van der Waals surface area (Å²) < 4.78 is 54.0. The van der Waals surface area contributed by atoms with E-state index in [1.54, 1.807) is 0 Å². The van der Waals surface area contributed by atoms with Crippen molar-refractivity contribution in [3.8, 4) is 0 Å². The number of hydrogen-bond donors (Lipinski definition) is 1. The number of rotatable bonds is 2. The molecule has 118 valence electrons. The topological polar surface area (TPSA) is 63.4 Å². The van der Waals surface area contributed by atoms with Gasteiger partial charge in [0.25, 0.3) is 0 Å². The van der Waals surface area contributed by atoms with Gasteiger partial charge < -0.3 is 5.73 Å². The zero-order valence-electron chi connectivity index (χ0n) is 12.2. The first kappa shape index (κ1) is 16.2. The van der Waals surface area contributed by atoms with Gasteiger partial charge in [0.2, 0.25) is 10.0 Å². The molecule has 1 fully saturated rings. The van der Waals surface area contributed by atoms with Crippen molar-refractivity contribution in [2.45, 2.75) is 38.0 Å². The molecule has 1 aromatic rings. The highest BCUT2D eigenvalue weighted by Crippen LogP contribution is 2.33. The van der Waals surface area contributed by atoms with E-state index in [4.69, 9.17) is 5.73 Å². The molecule has 0 saturated carbocycles. The Labute approximate surface area is 124 Å². The highest BCUT2D eigenvalue weighted by molar-refractivity contribution is 7.89. The molecule has 1 saturated heterocycles. The van der Waals surface area contributed by atoms with Gasteiger partial charge in [-0.25, -0.2) is 17.2 Å². The average Bonchev–Trinajstić information content (AvgIpc) is 2.48. The van der Waals surface area contributed by atoms with Crippen LogP contribution in [-0.4, -0.2) is 25.8 Å². The third-order valence-corrected chi connectivity index (χ3v) is 5.87. The summed E-state index contributed by atoms with van der Waals surface area (Å²) in [7, 11) is -4.19. The number of benzene rings is 1. The van der Waals surface area contributed by atoms with Crippen LogP contribution < -0.4 is 5.73 Å². The lowest BCUT2D eigenvalue weighted by Crippen LogP contribution is -2.33. The third kappa shape index (κ3) is 3.35. The van der Waals surface area contributed by atoms with Crippen LogP contribution in [0.3, 0.4) is 0 Å². The lowest BCUT2D eigenvalue weighted by Gasteiger charge is -2.23. The molecule has 1 aliphatic rings. The minimum Gasteiger partial charge on any atom is -0.399 e. The van der Waals surface area contributed by atoms with Gasteiger partial charge in [-0.1, -0.05) is 13.8 Å². The van der Waals surface area contributed by atoms with Gasteiger partial charge in [0.05, 0.1) is 0 Å². The lowest BCUT2D eigenvalue weighted by molar-refractivity contribution is 0.314. The number of sulfonamides is 1. The first-order chi connectivity index (χ1) is 9.63. The summed E-state index contributed by atoms with van der Waals surface area (Å²) >= 11 is 0. The first-order valence-corrected chi connectivity index (χ1v) is 8.32. The Morgan fingerprint density at radius 3 is 2.29 bits per heavy atom. The molecule has 0 unspecified atom stereocenters. The second kappa shape index (κ2) is 5.53. The van der Waals surface area contributed by atoms with Crippen molar-refractivity contribution < 1.29 is 17.2 Å². The first-order valence-electron chi connectivity index (χ1n) is 6.88. The second-order valence-electron chi connectivity index (χ2n) is 6.24. The largest absolute Gasteiger partial charge is 0.399 e. The van der Waals surface area contributed by atoms with E-state index in [0.717, 1.165) is 18.6 Å². The molecule has 1 aromatic carbocycles. The zero-order valence-corrected chi connectivity index (χ0v) is 13.0. The summed E-state index contributed by atoms with van der Waals surface area (Å²) in [6, 6.07) is 1.66. The minimum atomic E-state index is -4.19. The maximum atomic E-state index is 13.9. The predicted octanol–water partition coefficient (Wildman–Crippen LogP) is 2.75. The Hall–Kier alpha value is -1.21. The van der Waals surface area contributed by atoms with Crippen LogP contribution in [0.15, 0.2) is 17.0 Å². The lowest BCUT2D eigenvalue weighted by atomic mass is 9.85. The second-order valence-corrected chi connectivity index (χ2v) is 8.11. The number of nitrogen functional groups attached to an aromatic ring is 1. The monoisotopic (exact) mass is 318 g/mol. The Morgan fingerprint density at radius 2 is 1.71 bits per heavy atom. The normalized spacial score (nSPS) is 20.2. The maximum Gasteiger partial charge on any atom is 0.248 e. The molecule has 0 aliphatic carbocycles. The average molecular weight is 318 g/mol. The predicted molar refractivity (Wildman–Crippen MR) is 77.2 cm³/mol. The van der Waals surface area contributed by atoms with Gasteiger partial charge in [0, 0.05) is 18.8 Å². The third-order valence-electron chi connectivity index (χ3n) is 3.92. The van der Waals surface area contributed by atoms with Crippen molar-refractivity contribution in [3.63, 3.8) is 0 Å². The molecule has 4 nitrogen and oxygen atoms in total. The van der Waals surface area contributed by atoms with Crippen molar-refractivity contribution in [2.75, 3.05) is 18.8 Å². The number of nitrogens with zero attached hydrogens (tertiary/aromatic N) is 1. The van der Waals surface area contributed by atoms with Crippen LogP contribution in [0.25, 0.3) is 0 Å². The summed E-state index contributed by atoms with van der Waals surface area (Å²) in [5, 5.41) is 0. The molecule has 1 aliphatic heterocycles. The fraction of sp³-hybridized carbons (Fsp3) is 0.571. The van der Waals surface area contributed by atoms with Crippen LogP contribution in [0.1, 0.15) is 33.1 Å².